The number of hydrogen-bond acceptors (Lipinski definition) is 3. The summed E-state index contributed by atoms with van der Waals surface area (Å²) in [7, 11) is 1.90. The molecule has 0 saturated heterocycles. The molecule has 0 spiro atoms. The van der Waals surface area contributed by atoms with Crippen molar-refractivity contribution in [2.75, 3.05) is 6.54 Å². The van der Waals surface area contributed by atoms with Gasteiger partial charge in [0, 0.05) is 56.3 Å². The molecule has 2 heterocycles. The highest BCUT2D eigenvalue weighted by atomic mass is 16.1. The Kier molecular flexibility index (Phi) is 4.00. The monoisotopic (exact) mass is 301 g/mol. The van der Waals surface area contributed by atoms with Crippen LogP contribution in [0.4, 0.5) is 0 Å². The number of hydrogen-bond donors (Lipinski definition) is 1. The Bertz CT molecular complexity index is 653. The summed E-state index contributed by atoms with van der Waals surface area (Å²) < 4.78 is 3.99. The zero-order chi connectivity index (χ0) is 15.6. The van der Waals surface area contributed by atoms with Crippen LogP contribution in [0.1, 0.15) is 30.8 Å². The number of nitrogens with zero attached hydrogens (tertiary/aromatic N) is 4. The van der Waals surface area contributed by atoms with Gasteiger partial charge < -0.3 is 9.88 Å². The van der Waals surface area contributed by atoms with E-state index in [9.17, 15) is 4.79 Å². The van der Waals surface area contributed by atoms with E-state index in [1.807, 2.05) is 37.1 Å². The third-order valence-corrected chi connectivity index (χ3v) is 4.58. The summed E-state index contributed by atoms with van der Waals surface area (Å²) in [5.41, 5.74) is 1.32. The van der Waals surface area contributed by atoms with Gasteiger partial charge >= 0.3 is 0 Å². The number of carbonyl (C=O) groups excluding carboxylic acids is 1. The van der Waals surface area contributed by atoms with Crippen LogP contribution in [0.15, 0.2) is 24.7 Å². The van der Waals surface area contributed by atoms with Crippen molar-refractivity contribution in [3.05, 3.63) is 36.2 Å². The molecule has 0 radical (unpaired) electrons. The van der Waals surface area contributed by atoms with Gasteiger partial charge in [0.05, 0.1) is 0 Å². The molecule has 1 amide bonds. The van der Waals surface area contributed by atoms with E-state index in [-0.39, 0.29) is 11.3 Å². The normalized spacial score (nSPS) is 15.7. The fourth-order valence-electron chi connectivity index (χ4n) is 2.76. The molecule has 2 aromatic rings. The third-order valence-electron chi connectivity index (χ3n) is 4.58. The van der Waals surface area contributed by atoms with E-state index >= 15 is 0 Å². The Morgan fingerprint density at radius 3 is 2.82 bits per heavy atom. The van der Waals surface area contributed by atoms with E-state index in [4.69, 9.17) is 0 Å². The van der Waals surface area contributed by atoms with Crippen LogP contribution in [0, 0.1) is 12.3 Å². The van der Waals surface area contributed by atoms with Gasteiger partial charge in [-0.15, -0.1) is 0 Å². The van der Waals surface area contributed by atoms with Crippen LogP contribution in [0.25, 0.3) is 0 Å². The maximum Gasteiger partial charge on any atom is 0.220 e. The minimum Gasteiger partial charge on any atom is -0.355 e. The number of aryl methyl sites for hydroxylation is 3. The Morgan fingerprint density at radius 1 is 1.41 bits per heavy atom. The molecule has 0 atom stereocenters. The maximum atomic E-state index is 12.0. The summed E-state index contributed by atoms with van der Waals surface area (Å²) >= 11 is 0. The van der Waals surface area contributed by atoms with Crippen LogP contribution in [0.2, 0.25) is 0 Å². The van der Waals surface area contributed by atoms with Crippen molar-refractivity contribution in [2.45, 2.75) is 39.2 Å². The molecule has 22 heavy (non-hydrogen) atoms. The molecule has 0 bridgehead atoms. The topological polar surface area (TPSA) is 64.7 Å². The maximum absolute atomic E-state index is 12.0. The first kappa shape index (κ1) is 14.8. The average Bonchev–Trinajstić information content (AvgIpc) is 2.96. The first-order valence-electron chi connectivity index (χ1n) is 7.79. The minimum atomic E-state index is 0.120. The summed E-state index contributed by atoms with van der Waals surface area (Å²) in [5, 5.41) is 7.21. The number of aromatic nitrogens is 4. The van der Waals surface area contributed by atoms with E-state index in [2.05, 4.69) is 20.0 Å². The fraction of sp³-hybridized carbons (Fsp3) is 0.562. The molecule has 3 rings (SSSR count). The second kappa shape index (κ2) is 5.94. The summed E-state index contributed by atoms with van der Waals surface area (Å²) in [6.45, 7) is 3.72. The SMILES string of the molecule is Cc1nccn1CC1(CNC(=O)CCc2ccnn2C)CC1. The quantitative estimate of drug-likeness (QED) is 0.842. The average molecular weight is 301 g/mol. The minimum absolute atomic E-state index is 0.120. The lowest BCUT2D eigenvalue weighted by Gasteiger charge is -2.17. The smallest absolute Gasteiger partial charge is 0.220 e. The summed E-state index contributed by atoms with van der Waals surface area (Å²) in [4.78, 5) is 16.3. The molecule has 6 nitrogen and oxygen atoms in total. The van der Waals surface area contributed by atoms with Crippen molar-refractivity contribution < 1.29 is 4.79 Å². The molecule has 0 unspecified atom stereocenters. The van der Waals surface area contributed by atoms with Gasteiger partial charge in [0.1, 0.15) is 5.82 Å². The number of nitrogens with one attached hydrogen (secondary N) is 1. The molecule has 1 N–H and O–H groups in total. The molecule has 118 valence electrons. The van der Waals surface area contributed by atoms with Crippen LogP contribution < -0.4 is 5.32 Å². The van der Waals surface area contributed by atoms with Crippen molar-refractivity contribution in [1.82, 2.24) is 24.6 Å². The van der Waals surface area contributed by atoms with Gasteiger partial charge in [-0.25, -0.2) is 4.98 Å². The molecule has 1 aliphatic carbocycles. The van der Waals surface area contributed by atoms with Crippen molar-refractivity contribution >= 4 is 5.91 Å². The number of amides is 1. The summed E-state index contributed by atoms with van der Waals surface area (Å²) in [6.07, 6.45) is 9.20. The highest BCUT2D eigenvalue weighted by Gasteiger charge is 2.43. The lowest BCUT2D eigenvalue weighted by Crippen LogP contribution is -2.32. The van der Waals surface area contributed by atoms with E-state index in [1.165, 1.54) is 12.8 Å². The predicted molar refractivity (Wildman–Crippen MR) is 83.2 cm³/mol. The van der Waals surface area contributed by atoms with Gasteiger partial charge in [-0.3, -0.25) is 9.48 Å². The van der Waals surface area contributed by atoms with Crippen molar-refractivity contribution in [1.29, 1.82) is 0 Å². The summed E-state index contributed by atoms with van der Waals surface area (Å²) in [6, 6.07) is 1.96. The predicted octanol–water partition coefficient (Wildman–Crippen LogP) is 1.45. The van der Waals surface area contributed by atoms with Crippen molar-refractivity contribution in [2.24, 2.45) is 12.5 Å². The van der Waals surface area contributed by atoms with Gasteiger partial charge in [0.25, 0.3) is 0 Å². The third kappa shape index (κ3) is 3.37. The molecular formula is C16H23N5O. The van der Waals surface area contributed by atoms with Crippen LogP contribution in [-0.2, 0) is 24.8 Å². The van der Waals surface area contributed by atoms with E-state index in [0.29, 0.717) is 6.42 Å². The standard InChI is InChI=1S/C16H23N5O/c1-13-17-9-10-21(13)12-16(6-7-16)11-18-15(22)4-3-14-5-8-19-20(14)2/h5,8-10H,3-4,6-7,11-12H2,1-2H3,(H,18,22). The Morgan fingerprint density at radius 2 is 2.23 bits per heavy atom. The van der Waals surface area contributed by atoms with E-state index in [0.717, 1.165) is 31.0 Å². The van der Waals surface area contributed by atoms with Gasteiger partial charge in [-0.1, -0.05) is 0 Å². The highest BCUT2D eigenvalue weighted by Crippen LogP contribution is 2.46. The molecule has 0 aliphatic heterocycles. The largest absolute Gasteiger partial charge is 0.355 e. The Balaban J connectivity index is 1.45. The first-order chi connectivity index (χ1) is 10.6. The number of carbonyl (C=O) groups is 1. The lowest BCUT2D eigenvalue weighted by molar-refractivity contribution is -0.121. The molecule has 1 saturated carbocycles. The van der Waals surface area contributed by atoms with Crippen molar-refractivity contribution in [3.63, 3.8) is 0 Å². The van der Waals surface area contributed by atoms with E-state index in [1.54, 1.807) is 6.20 Å². The van der Waals surface area contributed by atoms with Crippen LogP contribution in [0.5, 0.6) is 0 Å². The fourth-order valence-corrected chi connectivity index (χ4v) is 2.76. The van der Waals surface area contributed by atoms with Gasteiger partial charge in [-0.05, 0) is 32.3 Å². The van der Waals surface area contributed by atoms with Gasteiger partial charge in [-0.2, -0.15) is 5.10 Å². The van der Waals surface area contributed by atoms with Crippen LogP contribution in [-0.4, -0.2) is 31.8 Å². The first-order valence-corrected chi connectivity index (χ1v) is 7.79. The summed E-state index contributed by atoms with van der Waals surface area (Å²) in [5.74, 6) is 1.16. The zero-order valence-corrected chi connectivity index (χ0v) is 13.2. The molecule has 1 aliphatic rings. The van der Waals surface area contributed by atoms with Crippen LogP contribution >= 0.6 is 0 Å². The van der Waals surface area contributed by atoms with Crippen LogP contribution in [0.3, 0.4) is 0 Å². The second-order valence-electron chi connectivity index (χ2n) is 6.33. The number of rotatable bonds is 7. The Labute approximate surface area is 130 Å². The molecule has 0 aromatic carbocycles. The van der Waals surface area contributed by atoms with Gasteiger partial charge in [0.2, 0.25) is 5.91 Å². The van der Waals surface area contributed by atoms with Crippen molar-refractivity contribution in [3.8, 4) is 0 Å². The van der Waals surface area contributed by atoms with Gasteiger partial charge in [0.15, 0.2) is 0 Å². The molecule has 6 heteroatoms. The molecule has 1 fully saturated rings. The molecule has 2 aromatic heterocycles. The van der Waals surface area contributed by atoms with E-state index < -0.39 is 0 Å². The Hall–Kier alpha value is -2.11. The second-order valence-corrected chi connectivity index (χ2v) is 6.33. The lowest BCUT2D eigenvalue weighted by atomic mass is 10.1. The zero-order valence-electron chi connectivity index (χ0n) is 13.2. The number of imidazole rings is 1. The highest BCUT2D eigenvalue weighted by molar-refractivity contribution is 5.76. The molecular weight excluding hydrogens is 278 g/mol.